The molecule has 0 aromatic rings. The first kappa shape index (κ1) is 32.4. The molecule has 0 amide bonds. The van der Waals surface area contributed by atoms with Crippen molar-refractivity contribution in [3.05, 3.63) is 0 Å². The maximum atomic E-state index is 14.7. The van der Waals surface area contributed by atoms with Gasteiger partial charge in [-0.15, -0.1) is 0 Å². The summed E-state index contributed by atoms with van der Waals surface area (Å²) in [7, 11) is 0. The Morgan fingerprint density at radius 3 is 2.38 bits per heavy atom. The van der Waals surface area contributed by atoms with Crippen molar-refractivity contribution in [2.45, 2.75) is 160 Å². The second-order valence-electron chi connectivity index (χ2n) is 17.4. The van der Waals surface area contributed by atoms with Crippen molar-refractivity contribution in [3.63, 3.8) is 0 Å². The quantitative estimate of drug-likeness (QED) is 0.262. The molecule has 0 bridgehead atoms. The standard InChI is InChI=1S/C35H55NO9/c1-18(37)43-28(31(4,5)41)21-8-7-19-26(44-21)27(40)35(36)23-10-9-22-30(2,3)24(45-29-25(39)20(38)12-16-42-29)11-13-33(22)17-34(23,33)15-14-32(19,35)6/h19-26,28-29,38-39,41H,7-17,36H2,1-6H3. The molecule has 2 spiro atoms. The predicted molar refractivity (Wildman–Crippen MR) is 162 cm³/mol. The summed E-state index contributed by atoms with van der Waals surface area (Å²) in [5, 5.41) is 31.6. The van der Waals surface area contributed by atoms with E-state index in [1.165, 1.54) is 6.92 Å². The highest BCUT2D eigenvalue weighted by Gasteiger charge is 2.85. The molecule has 254 valence electrons. The molecular weight excluding hydrogens is 578 g/mol. The molecule has 10 nitrogen and oxygen atoms in total. The fourth-order valence-corrected chi connectivity index (χ4v) is 12.5. The number of hydrogen-bond acceptors (Lipinski definition) is 10. The van der Waals surface area contributed by atoms with Gasteiger partial charge < -0.3 is 40.0 Å². The van der Waals surface area contributed by atoms with Gasteiger partial charge in [-0.2, -0.15) is 0 Å². The van der Waals surface area contributed by atoms with Crippen LogP contribution in [0.4, 0.5) is 0 Å². The first-order valence-electron chi connectivity index (χ1n) is 17.5. The van der Waals surface area contributed by atoms with E-state index in [2.05, 4.69) is 20.8 Å². The van der Waals surface area contributed by atoms with Crippen molar-refractivity contribution in [2.75, 3.05) is 6.61 Å². The number of fused-ring (bicyclic) bond motifs is 4. The number of carbonyl (C=O) groups excluding carboxylic acids is 2. The Hall–Kier alpha value is -1.14. The summed E-state index contributed by atoms with van der Waals surface area (Å²) < 4.78 is 24.4. The van der Waals surface area contributed by atoms with Crippen LogP contribution in [-0.2, 0) is 28.5 Å². The normalized spacial score (nSPS) is 52.4. The number of Topliss-reactive ketones (excluding diaryl/α,β-unsaturated/α-hetero) is 1. The molecule has 0 aromatic carbocycles. The van der Waals surface area contributed by atoms with Crippen molar-refractivity contribution >= 4 is 11.8 Å². The van der Waals surface area contributed by atoms with E-state index in [9.17, 15) is 24.9 Å². The van der Waals surface area contributed by atoms with Gasteiger partial charge in [-0.1, -0.05) is 20.8 Å². The summed E-state index contributed by atoms with van der Waals surface area (Å²) in [5.74, 6) is -0.0178. The Morgan fingerprint density at radius 2 is 1.69 bits per heavy atom. The van der Waals surface area contributed by atoms with Crippen LogP contribution >= 0.6 is 0 Å². The van der Waals surface area contributed by atoms with Crippen molar-refractivity contribution in [2.24, 2.45) is 45.1 Å². The number of hydrogen-bond donors (Lipinski definition) is 4. The number of aliphatic hydroxyl groups excluding tert-OH is 2. The summed E-state index contributed by atoms with van der Waals surface area (Å²) in [6, 6.07) is 0. The number of esters is 1. The number of ether oxygens (including phenoxy) is 4. The van der Waals surface area contributed by atoms with E-state index in [0.717, 1.165) is 51.4 Å². The molecule has 2 aliphatic heterocycles. The van der Waals surface area contributed by atoms with E-state index in [4.69, 9.17) is 24.7 Å². The first-order valence-corrected chi connectivity index (χ1v) is 17.5. The second kappa shape index (κ2) is 10.2. The third-order valence-electron chi connectivity index (χ3n) is 14.7. The fourth-order valence-electron chi connectivity index (χ4n) is 12.5. The largest absolute Gasteiger partial charge is 0.457 e. The SMILES string of the molecule is CC(=O)OC(C1CCC2C(O1)C(=O)C1(N)C3CCC4C(C)(C)C(OC5OCCC(O)C5O)CCC45CC35CCC21C)C(C)(C)O. The molecule has 14 unspecified atom stereocenters. The molecule has 10 heteroatoms. The highest BCUT2D eigenvalue weighted by atomic mass is 16.7. The van der Waals surface area contributed by atoms with E-state index >= 15 is 0 Å². The van der Waals surface area contributed by atoms with Gasteiger partial charge in [-0.05, 0) is 117 Å². The van der Waals surface area contributed by atoms with Crippen molar-refractivity contribution in [1.82, 2.24) is 0 Å². The lowest BCUT2D eigenvalue weighted by Gasteiger charge is -2.62. The van der Waals surface area contributed by atoms with Gasteiger partial charge in [0, 0.05) is 6.92 Å². The van der Waals surface area contributed by atoms with Crippen LogP contribution < -0.4 is 5.73 Å². The molecule has 0 aromatic heterocycles. The molecule has 5 aliphatic carbocycles. The third-order valence-corrected chi connectivity index (χ3v) is 14.7. The van der Waals surface area contributed by atoms with Gasteiger partial charge in [-0.25, -0.2) is 0 Å². The summed E-state index contributed by atoms with van der Waals surface area (Å²) in [6.07, 6.45) is 3.52. The van der Waals surface area contributed by atoms with Crippen LogP contribution in [0.2, 0.25) is 0 Å². The summed E-state index contributed by atoms with van der Waals surface area (Å²) >= 11 is 0. The van der Waals surface area contributed by atoms with Crippen molar-refractivity contribution < 1.29 is 43.9 Å². The Bertz CT molecular complexity index is 1230. The fraction of sp³-hybridized carbons (Fsp3) is 0.943. The molecule has 2 saturated heterocycles. The Morgan fingerprint density at radius 1 is 1.00 bits per heavy atom. The minimum Gasteiger partial charge on any atom is -0.457 e. The Kier molecular flexibility index (Phi) is 7.34. The van der Waals surface area contributed by atoms with Crippen LogP contribution in [0, 0.1) is 39.4 Å². The molecule has 7 rings (SSSR count). The average molecular weight is 634 g/mol. The van der Waals surface area contributed by atoms with E-state index in [-0.39, 0.29) is 45.4 Å². The van der Waals surface area contributed by atoms with E-state index in [0.29, 0.717) is 25.4 Å². The summed E-state index contributed by atoms with van der Waals surface area (Å²) in [6.45, 7) is 11.7. The molecule has 45 heavy (non-hydrogen) atoms. The third kappa shape index (κ3) is 4.24. The first-order chi connectivity index (χ1) is 20.9. The predicted octanol–water partition coefficient (Wildman–Crippen LogP) is 3.01. The maximum Gasteiger partial charge on any atom is 0.303 e. The molecule has 14 atom stereocenters. The average Bonchev–Trinajstić information content (AvgIpc) is 3.60. The zero-order valence-electron chi connectivity index (χ0n) is 27.9. The van der Waals surface area contributed by atoms with Crippen LogP contribution in [0.15, 0.2) is 0 Å². The van der Waals surface area contributed by atoms with Crippen LogP contribution in [0.5, 0.6) is 0 Å². The zero-order chi connectivity index (χ0) is 32.5. The number of rotatable bonds is 5. The van der Waals surface area contributed by atoms with Gasteiger partial charge in [-0.3, -0.25) is 9.59 Å². The topological polar surface area (TPSA) is 158 Å². The maximum absolute atomic E-state index is 14.7. The van der Waals surface area contributed by atoms with Crippen molar-refractivity contribution in [1.29, 1.82) is 0 Å². The van der Waals surface area contributed by atoms with Gasteiger partial charge >= 0.3 is 5.97 Å². The van der Waals surface area contributed by atoms with Gasteiger partial charge in [0.1, 0.15) is 12.2 Å². The van der Waals surface area contributed by atoms with Gasteiger partial charge in [0.25, 0.3) is 0 Å². The monoisotopic (exact) mass is 633 g/mol. The lowest BCUT2D eigenvalue weighted by atomic mass is 9.44. The smallest absolute Gasteiger partial charge is 0.303 e. The van der Waals surface area contributed by atoms with E-state index in [1.54, 1.807) is 13.8 Å². The molecule has 5 N–H and O–H groups in total. The minimum absolute atomic E-state index is 0.000122. The Labute approximate surface area is 267 Å². The van der Waals surface area contributed by atoms with E-state index in [1.807, 2.05) is 0 Å². The minimum atomic E-state index is -1.32. The zero-order valence-corrected chi connectivity index (χ0v) is 27.9. The van der Waals surface area contributed by atoms with Gasteiger partial charge in [0.15, 0.2) is 18.2 Å². The van der Waals surface area contributed by atoms with Gasteiger partial charge in [0.05, 0.1) is 36.1 Å². The molecule has 0 radical (unpaired) electrons. The molecule has 5 saturated carbocycles. The lowest BCUT2D eigenvalue weighted by molar-refractivity contribution is -0.284. The number of ketones is 1. The second-order valence-corrected chi connectivity index (χ2v) is 17.4. The number of carbonyl (C=O) groups is 2. The Balaban J connectivity index is 1.14. The van der Waals surface area contributed by atoms with Crippen LogP contribution in [0.3, 0.4) is 0 Å². The molecule has 7 fully saturated rings. The highest BCUT2D eigenvalue weighted by Crippen LogP contribution is 2.87. The molecule has 7 aliphatic rings. The van der Waals surface area contributed by atoms with Crippen LogP contribution in [0.1, 0.15) is 106 Å². The van der Waals surface area contributed by atoms with Crippen LogP contribution in [-0.4, -0.2) is 87.7 Å². The molecular formula is C35H55NO9. The van der Waals surface area contributed by atoms with Crippen LogP contribution in [0.25, 0.3) is 0 Å². The van der Waals surface area contributed by atoms with Crippen molar-refractivity contribution in [3.8, 4) is 0 Å². The number of nitrogens with two attached hydrogens (primary N) is 1. The van der Waals surface area contributed by atoms with E-state index < -0.39 is 53.9 Å². The summed E-state index contributed by atoms with van der Waals surface area (Å²) in [5.41, 5.74) is 4.81. The number of aliphatic hydroxyl groups is 3. The molecule has 2 heterocycles. The lowest BCUT2D eigenvalue weighted by Crippen LogP contribution is -2.68. The summed E-state index contributed by atoms with van der Waals surface area (Å²) in [4.78, 5) is 26.6. The van der Waals surface area contributed by atoms with Gasteiger partial charge in [0.2, 0.25) is 0 Å². The highest BCUT2D eigenvalue weighted by molar-refractivity contribution is 5.97.